The van der Waals surface area contributed by atoms with E-state index in [4.69, 9.17) is 5.73 Å². The lowest BCUT2D eigenvalue weighted by Crippen LogP contribution is -2.38. The molecule has 1 fully saturated rings. The van der Waals surface area contributed by atoms with Gasteiger partial charge in [-0.25, -0.2) is 8.78 Å². The number of carbonyl (C=O) groups is 1. The van der Waals surface area contributed by atoms with Crippen LogP contribution in [0.2, 0.25) is 0 Å². The summed E-state index contributed by atoms with van der Waals surface area (Å²) in [4.78, 5) is 11.9. The normalized spacial score (nSPS) is 27.2. The van der Waals surface area contributed by atoms with Gasteiger partial charge in [0.15, 0.2) is 0 Å². The van der Waals surface area contributed by atoms with Crippen LogP contribution in [0.3, 0.4) is 0 Å². The molecule has 0 aliphatic carbocycles. The molecule has 0 spiro atoms. The lowest BCUT2D eigenvalue weighted by atomic mass is 10.2. The predicted molar refractivity (Wildman–Crippen MR) is 39.7 cm³/mol. The molecule has 2 N–H and O–H groups in total. The molecular weight excluding hydrogens is 166 g/mol. The summed E-state index contributed by atoms with van der Waals surface area (Å²) < 4.78 is 25.5. The number of halogens is 2. The molecule has 0 bridgehead atoms. The zero-order valence-electron chi connectivity index (χ0n) is 6.46. The first-order valence-electron chi connectivity index (χ1n) is 3.52. The number of amides is 1. The van der Waals surface area contributed by atoms with Crippen LogP contribution in [-0.4, -0.2) is 35.9 Å². The van der Waals surface area contributed by atoms with E-state index in [1.807, 2.05) is 0 Å². The van der Waals surface area contributed by atoms with E-state index >= 15 is 0 Å². The summed E-state index contributed by atoms with van der Waals surface area (Å²) in [6.45, 7) is 2.50. The molecule has 1 atom stereocenters. The van der Waals surface area contributed by atoms with Crippen molar-refractivity contribution in [3.63, 3.8) is 0 Å². The molecule has 0 aromatic rings. The molecule has 12 heavy (non-hydrogen) atoms. The van der Waals surface area contributed by atoms with Crippen LogP contribution in [0.4, 0.5) is 8.78 Å². The Hall–Kier alpha value is -0.970. The van der Waals surface area contributed by atoms with Crippen LogP contribution in [-0.2, 0) is 4.79 Å². The largest absolute Gasteiger partial charge is 0.331 e. The Balaban J connectivity index is 2.66. The van der Waals surface area contributed by atoms with Gasteiger partial charge in [-0.05, 0) is 6.08 Å². The molecule has 1 aliphatic heterocycles. The minimum atomic E-state index is -2.96. The van der Waals surface area contributed by atoms with Crippen molar-refractivity contribution in [3.8, 4) is 0 Å². The van der Waals surface area contributed by atoms with Gasteiger partial charge >= 0.3 is 0 Å². The molecule has 1 aliphatic rings. The zero-order chi connectivity index (χ0) is 9.35. The first-order valence-corrected chi connectivity index (χ1v) is 3.52. The summed E-state index contributed by atoms with van der Waals surface area (Å²) in [5.41, 5.74) is 5.12. The average Bonchev–Trinajstić information content (AvgIpc) is 2.25. The highest BCUT2D eigenvalue weighted by Gasteiger charge is 2.46. The molecule has 1 rings (SSSR count). The number of nitrogens with zero attached hydrogens (tertiary/aromatic N) is 1. The number of hydrogen-bond donors (Lipinski definition) is 1. The van der Waals surface area contributed by atoms with E-state index in [2.05, 4.69) is 6.58 Å². The smallest absolute Gasteiger partial charge is 0.281 e. The van der Waals surface area contributed by atoms with Gasteiger partial charge in [0.05, 0.1) is 12.6 Å². The van der Waals surface area contributed by atoms with Crippen LogP contribution in [0, 0.1) is 0 Å². The van der Waals surface area contributed by atoms with E-state index in [9.17, 15) is 13.6 Å². The van der Waals surface area contributed by atoms with E-state index in [0.717, 1.165) is 11.0 Å². The van der Waals surface area contributed by atoms with Crippen LogP contribution in [0.25, 0.3) is 0 Å². The van der Waals surface area contributed by atoms with E-state index < -0.39 is 24.4 Å². The fourth-order valence-electron chi connectivity index (χ4n) is 1.10. The number of hydrogen-bond acceptors (Lipinski definition) is 2. The Labute approximate surface area is 68.8 Å². The third-order valence-corrected chi connectivity index (χ3v) is 1.85. The van der Waals surface area contributed by atoms with Gasteiger partial charge in [0.25, 0.3) is 5.92 Å². The average molecular weight is 176 g/mol. The van der Waals surface area contributed by atoms with Gasteiger partial charge in [-0.15, -0.1) is 0 Å². The van der Waals surface area contributed by atoms with Gasteiger partial charge in [-0.3, -0.25) is 4.79 Å². The van der Waals surface area contributed by atoms with Crippen molar-refractivity contribution in [2.24, 2.45) is 5.73 Å². The van der Waals surface area contributed by atoms with Gasteiger partial charge in [0.2, 0.25) is 5.91 Å². The van der Waals surface area contributed by atoms with Crippen molar-refractivity contribution in [3.05, 3.63) is 12.7 Å². The highest BCUT2D eigenvalue weighted by Crippen LogP contribution is 2.25. The maximum atomic E-state index is 12.7. The highest BCUT2D eigenvalue weighted by atomic mass is 19.3. The molecule has 1 unspecified atom stereocenters. The summed E-state index contributed by atoms with van der Waals surface area (Å²) in [6.07, 6.45) is 1.01. The summed E-state index contributed by atoms with van der Waals surface area (Å²) in [5, 5.41) is 0. The van der Waals surface area contributed by atoms with Gasteiger partial charge in [-0.2, -0.15) is 0 Å². The topological polar surface area (TPSA) is 46.3 Å². The van der Waals surface area contributed by atoms with Gasteiger partial charge < -0.3 is 10.6 Å². The van der Waals surface area contributed by atoms with Gasteiger partial charge in [0, 0.05) is 6.54 Å². The Morgan fingerprint density at radius 2 is 2.33 bits per heavy atom. The van der Waals surface area contributed by atoms with Gasteiger partial charge in [-0.1, -0.05) is 6.58 Å². The van der Waals surface area contributed by atoms with Crippen molar-refractivity contribution in [1.82, 2.24) is 4.90 Å². The lowest BCUT2D eigenvalue weighted by Gasteiger charge is -2.12. The van der Waals surface area contributed by atoms with Crippen LogP contribution >= 0.6 is 0 Å². The Morgan fingerprint density at radius 3 is 2.67 bits per heavy atom. The Morgan fingerprint density at radius 1 is 1.75 bits per heavy atom. The fraction of sp³-hybridized carbons (Fsp3) is 0.571. The van der Waals surface area contributed by atoms with Crippen molar-refractivity contribution >= 4 is 5.91 Å². The third-order valence-electron chi connectivity index (χ3n) is 1.85. The number of nitrogens with two attached hydrogens (primary N) is 1. The molecule has 5 heteroatoms. The monoisotopic (exact) mass is 176 g/mol. The standard InChI is InChI=1S/C7H10F2N2O/c1-2-6(12)11-3-5(10)7(8,9)4-11/h2,5H,1,3-4,10H2. The molecule has 1 amide bonds. The maximum Gasteiger partial charge on any atom is 0.281 e. The molecule has 68 valence electrons. The van der Waals surface area contributed by atoms with Crippen molar-refractivity contribution in [2.75, 3.05) is 13.1 Å². The first kappa shape index (κ1) is 9.12. The second kappa shape index (κ2) is 2.82. The van der Waals surface area contributed by atoms with Crippen molar-refractivity contribution < 1.29 is 13.6 Å². The summed E-state index contributed by atoms with van der Waals surface area (Å²) in [5.74, 6) is -3.46. The molecule has 1 saturated heterocycles. The molecule has 0 aromatic carbocycles. The van der Waals surface area contributed by atoms with E-state index in [-0.39, 0.29) is 6.54 Å². The molecule has 1 heterocycles. The minimum absolute atomic E-state index is 0.0994. The third kappa shape index (κ3) is 1.45. The molecule has 3 nitrogen and oxygen atoms in total. The van der Waals surface area contributed by atoms with Crippen molar-refractivity contribution in [2.45, 2.75) is 12.0 Å². The minimum Gasteiger partial charge on any atom is -0.331 e. The van der Waals surface area contributed by atoms with Gasteiger partial charge in [0.1, 0.15) is 0 Å². The summed E-state index contributed by atoms with van der Waals surface area (Å²) in [6, 6.07) is -1.25. The SMILES string of the molecule is C=CC(=O)N1CC(N)C(F)(F)C1. The second-order valence-electron chi connectivity index (χ2n) is 2.79. The van der Waals surface area contributed by atoms with E-state index in [1.54, 1.807) is 0 Å². The number of likely N-dealkylation sites (tertiary alicyclic amines) is 1. The van der Waals surface area contributed by atoms with E-state index in [0.29, 0.717) is 0 Å². The Kier molecular flexibility index (Phi) is 2.14. The highest BCUT2D eigenvalue weighted by molar-refractivity contribution is 5.87. The summed E-state index contributed by atoms with van der Waals surface area (Å²) >= 11 is 0. The van der Waals surface area contributed by atoms with E-state index in [1.165, 1.54) is 0 Å². The Bertz CT molecular complexity index is 217. The quantitative estimate of drug-likeness (QED) is 0.570. The number of alkyl halides is 2. The first-order chi connectivity index (χ1) is 5.47. The molecule has 0 aromatic heterocycles. The van der Waals surface area contributed by atoms with Crippen LogP contribution in [0.1, 0.15) is 0 Å². The number of rotatable bonds is 1. The maximum absolute atomic E-state index is 12.7. The summed E-state index contributed by atoms with van der Waals surface area (Å²) in [7, 11) is 0. The molecule has 0 radical (unpaired) electrons. The molecular formula is C7H10F2N2O. The number of carbonyl (C=O) groups excluding carboxylic acids is 1. The van der Waals surface area contributed by atoms with Crippen molar-refractivity contribution in [1.29, 1.82) is 0 Å². The molecule has 0 saturated carbocycles. The van der Waals surface area contributed by atoms with Crippen LogP contribution in [0.15, 0.2) is 12.7 Å². The van der Waals surface area contributed by atoms with Crippen LogP contribution < -0.4 is 5.73 Å². The lowest BCUT2D eigenvalue weighted by molar-refractivity contribution is -0.126. The second-order valence-corrected chi connectivity index (χ2v) is 2.79. The predicted octanol–water partition coefficient (Wildman–Crippen LogP) is -0.0228. The van der Waals surface area contributed by atoms with Crippen LogP contribution in [0.5, 0.6) is 0 Å². The fourth-order valence-corrected chi connectivity index (χ4v) is 1.10. The zero-order valence-corrected chi connectivity index (χ0v) is 6.46.